The van der Waals surface area contributed by atoms with Crippen LogP contribution >= 0.6 is 0 Å². The Labute approximate surface area is 185 Å². The molecule has 1 atom stereocenters. The number of ether oxygens (including phenoxy) is 2. The molecule has 2 aromatic carbocycles. The number of benzene rings is 2. The fraction of sp³-hybridized carbons (Fsp3) is 0.391. The SMILES string of the molecule is O=C(N[C@H]1CC(=O)N(c2ccc3c(c2)OCCO3)C1)N1CCN(c2ccc(F)cc2)CC1. The molecule has 3 heterocycles. The number of amides is 3. The van der Waals surface area contributed by atoms with Crippen LogP contribution in [0.3, 0.4) is 0 Å². The third kappa shape index (κ3) is 4.15. The van der Waals surface area contributed by atoms with E-state index in [9.17, 15) is 14.0 Å². The fourth-order valence-electron chi connectivity index (χ4n) is 4.34. The van der Waals surface area contributed by atoms with Crippen LogP contribution in [0.15, 0.2) is 42.5 Å². The minimum Gasteiger partial charge on any atom is -0.486 e. The summed E-state index contributed by atoms with van der Waals surface area (Å²) in [6, 6.07) is 11.4. The molecule has 0 bridgehead atoms. The summed E-state index contributed by atoms with van der Waals surface area (Å²) >= 11 is 0. The van der Waals surface area contributed by atoms with Gasteiger partial charge in [0, 0.05) is 56.6 Å². The average Bonchev–Trinajstić information content (AvgIpc) is 3.19. The monoisotopic (exact) mass is 440 g/mol. The first kappa shape index (κ1) is 20.4. The van der Waals surface area contributed by atoms with Crippen molar-refractivity contribution in [1.29, 1.82) is 0 Å². The van der Waals surface area contributed by atoms with Gasteiger partial charge in [-0.15, -0.1) is 0 Å². The molecule has 168 valence electrons. The molecule has 2 aromatic rings. The molecule has 2 saturated heterocycles. The lowest BCUT2D eigenvalue weighted by atomic mass is 10.2. The van der Waals surface area contributed by atoms with E-state index in [1.807, 2.05) is 18.2 Å². The van der Waals surface area contributed by atoms with Gasteiger partial charge in [-0.05, 0) is 36.4 Å². The second-order valence-electron chi connectivity index (χ2n) is 8.13. The number of hydrogen-bond acceptors (Lipinski definition) is 5. The minimum absolute atomic E-state index is 0.0342. The number of anilines is 2. The average molecular weight is 440 g/mol. The molecule has 0 aliphatic carbocycles. The molecule has 3 aliphatic heterocycles. The van der Waals surface area contributed by atoms with Gasteiger partial charge in [0.25, 0.3) is 0 Å². The third-order valence-electron chi connectivity index (χ3n) is 6.05. The van der Waals surface area contributed by atoms with Crippen molar-refractivity contribution in [2.45, 2.75) is 12.5 Å². The molecule has 32 heavy (non-hydrogen) atoms. The van der Waals surface area contributed by atoms with E-state index in [1.165, 1.54) is 12.1 Å². The number of carbonyl (C=O) groups is 2. The van der Waals surface area contributed by atoms with E-state index >= 15 is 0 Å². The van der Waals surface area contributed by atoms with Crippen molar-refractivity contribution >= 4 is 23.3 Å². The highest BCUT2D eigenvalue weighted by Gasteiger charge is 2.33. The number of nitrogens with one attached hydrogen (secondary N) is 1. The van der Waals surface area contributed by atoms with E-state index in [1.54, 1.807) is 21.9 Å². The molecule has 0 aromatic heterocycles. The Bertz CT molecular complexity index is 1010. The highest BCUT2D eigenvalue weighted by atomic mass is 19.1. The van der Waals surface area contributed by atoms with Crippen LogP contribution in [0.25, 0.3) is 0 Å². The number of rotatable bonds is 3. The molecular formula is C23H25FN4O4. The van der Waals surface area contributed by atoms with Crippen LogP contribution in [-0.4, -0.2) is 68.8 Å². The van der Waals surface area contributed by atoms with E-state index in [2.05, 4.69) is 10.2 Å². The number of carbonyl (C=O) groups excluding carboxylic acids is 2. The number of fused-ring (bicyclic) bond motifs is 1. The van der Waals surface area contributed by atoms with Crippen molar-refractivity contribution in [2.75, 3.05) is 55.7 Å². The van der Waals surface area contributed by atoms with Gasteiger partial charge in [-0.25, -0.2) is 9.18 Å². The van der Waals surface area contributed by atoms with Crippen molar-refractivity contribution in [3.05, 3.63) is 48.3 Å². The fourth-order valence-corrected chi connectivity index (χ4v) is 4.34. The quantitative estimate of drug-likeness (QED) is 0.793. The van der Waals surface area contributed by atoms with Gasteiger partial charge in [-0.2, -0.15) is 0 Å². The van der Waals surface area contributed by atoms with E-state index < -0.39 is 0 Å². The van der Waals surface area contributed by atoms with Crippen molar-refractivity contribution in [1.82, 2.24) is 10.2 Å². The summed E-state index contributed by atoms with van der Waals surface area (Å²) < 4.78 is 24.3. The Kier molecular flexibility index (Phi) is 5.46. The normalized spacial score (nSPS) is 20.5. The molecule has 3 aliphatic rings. The van der Waals surface area contributed by atoms with Crippen LogP contribution in [0.1, 0.15) is 6.42 Å². The zero-order chi connectivity index (χ0) is 22.1. The zero-order valence-corrected chi connectivity index (χ0v) is 17.6. The van der Waals surface area contributed by atoms with Crippen molar-refractivity contribution in [3.63, 3.8) is 0 Å². The lowest BCUT2D eigenvalue weighted by Gasteiger charge is -2.36. The van der Waals surface area contributed by atoms with Gasteiger partial charge in [0.05, 0.1) is 6.04 Å². The summed E-state index contributed by atoms with van der Waals surface area (Å²) in [5, 5.41) is 3.00. The molecule has 0 saturated carbocycles. The number of hydrogen-bond donors (Lipinski definition) is 1. The van der Waals surface area contributed by atoms with Crippen LogP contribution in [0.5, 0.6) is 11.5 Å². The summed E-state index contributed by atoms with van der Waals surface area (Å²) in [6.45, 7) is 3.89. The van der Waals surface area contributed by atoms with Crippen LogP contribution in [-0.2, 0) is 4.79 Å². The number of urea groups is 1. The summed E-state index contributed by atoms with van der Waals surface area (Å²) in [4.78, 5) is 30.9. The van der Waals surface area contributed by atoms with Gasteiger partial charge in [0.1, 0.15) is 19.0 Å². The van der Waals surface area contributed by atoms with Gasteiger partial charge in [-0.1, -0.05) is 0 Å². The van der Waals surface area contributed by atoms with Crippen LogP contribution in [0, 0.1) is 5.82 Å². The Hall–Kier alpha value is -3.49. The smallest absolute Gasteiger partial charge is 0.317 e. The molecule has 8 nitrogen and oxygen atoms in total. The van der Waals surface area contributed by atoms with Crippen molar-refractivity contribution in [3.8, 4) is 11.5 Å². The van der Waals surface area contributed by atoms with Crippen LogP contribution in [0.2, 0.25) is 0 Å². The van der Waals surface area contributed by atoms with E-state index in [0.29, 0.717) is 57.4 Å². The third-order valence-corrected chi connectivity index (χ3v) is 6.05. The first-order chi connectivity index (χ1) is 15.6. The molecule has 0 spiro atoms. The molecule has 3 amide bonds. The summed E-state index contributed by atoms with van der Waals surface area (Å²) in [5.41, 5.74) is 1.69. The maximum atomic E-state index is 13.1. The summed E-state index contributed by atoms with van der Waals surface area (Å²) in [7, 11) is 0. The standard InChI is InChI=1S/C23H25FN4O4/c24-16-1-3-18(4-2-16)26-7-9-27(10-8-26)23(30)25-17-13-22(29)28(15-17)19-5-6-20-21(14-19)32-12-11-31-20/h1-6,14,17H,7-13,15H2,(H,25,30)/t17-/m0/s1. The lowest BCUT2D eigenvalue weighted by molar-refractivity contribution is -0.117. The maximum Gasteiger partial charge on any atom is 0.317 e. The Balaban J connectivity index is 1.15. The second kappa shape index (κ2) is 8.57. The van der Waals surface area contributed by atoms with Gasteiger partial charge >= 0.3 is 6.03 Å². The Morgan fingerprint density at radius 2 is 1.62 bits per heavy atom. The van der Waals surface area contributed by atoms with Crippen LogP contribution < -0.4 is 24.6 Å². The lowest BCUT2D eigenvalue weighted by Crippen LogP contribution is -2.53. The predicted octanol–water partition coefficient (Wildman–Crippen LogP) is 2.23. The zero-order valence-electron chi connectivity index (χ0n) is 17.6. The van der Waals surface area contributed by atoms with Crippen molar-refractivity contribution < 1.29 is 23.5 Å². The highest BCUT2D eigenvalue weighted by molar-refractivity contribution is 5.97. The molecule has 2 fully saturated rings. The van der Waals surface area contributed by atoms with E-state index in [-0.39, 0.29) is 30.2 Å². The first-order valence-corrected chi connectivity index (χ1v) is 10.8. The largest absolute Gasteiger partial charge is 0.486 e. The van der Waals surface area contributed by atoms with Gasteiger partial charge in [0.2, 0.25) is 5.91 Å². The molecule has 0 radical (unpaired) electrons. The van der Waals surface area contributed by atoms with E-state index in [4.69, 9.17) is 9.47 Å². The topological polar surface area (TPSA) is 74.3 Å². The molecule has 9 heteroatoms. The first-order valence-electron chi connectivity index (χ1n) is 10.8. The number of halogens is 1. The Morgan fingerprint density at radius 1 is 0.938 bits per heavy atom. The predicted molar refractivity (Wildman–Crippen MR) is 117 cm³/mol. The summed E-state index contributed by atoms with van der Waals surface area (Å²) in [5.74, 6) is 1.01. The molecule has 1 N–H and O–H groups in total. The van der Waals surface area contributed by atoms with Gasteiger partial charge < -0.3 is 29.5 Å². The number of piperazine rings is 1. The van der Waals surface area contributed by atoms with Crippen molar-refractivity contribution in [2.24, 2.45) is 0 Å². The van der Waals surface area contributed by atoms with Gasteiger partial charge in [0.15, 0.2) is 11.5 Å². The van der Waals surface area contributed by atoms with Crippen LogP contribution in [0.4, 0.5) is 20.6 Å². The van der Waals surface area contributed by atoms with Gasteiger partial charge in [-0.3, -0.25) is 4.79 Å². The number of nitrogens with zero attached hydrogens (tertiary/aromatic N) is 3. The minimum atomic E-state index is -0.261. The highest BCUT2D eigenvalue weighted by Crippen LogP contribution is 2.35. The summed E-state index contributed by atoms with van der Waals surface area (Å²) in [6.07, 6.45) is 0.260. The molecule has 5 rings (SSSR count). The van der Waals surface area contributed by atoms with E-state index in [0.717, 1.165) is 11.4 Å². The maximum absolute atomic E-state index is 13.1. The molecular weight excluding hydrogens is 415 g/mol. The Morgan fingerprint density at radius 3 is 2.38 bits per heavy atom. The second-order valence-corrected chi connectivity index (χ2v) is 8.13. The molecule has 0 unspecified atom stereocenters.